The van der Waals surface area contributed by atoms with Crippen molar-refractivity contribution in [3.8, 4) is 0 Å². The smallest absolute Gasteiger partial charge is 0.359 e. The first-order valence-corrected chi connectivity index (χ1v) is 7.46. The van der Waals surface area contributed by atoms with Crippen LogP contribution in [-0.2, 0) is 9.53 Å². The van der Waals surface area contributed by atoms with E-state index < -0.39 is 24.5 Å². The molecular weight excluding hydrogens is 371 g/mol. The molecule has 0 radical (unpaired) electrons. The van der Waals surface area contributed by atoms with Gasteiger partial charge in [-0.3, -0.25) is 10.1 Å². The van der Waals surface area contributed by atoms with Gasteiger partial charge in [-0.2, -0.15) is 0 Å². The number of hydrogen-bond acceptors (Lipinski definition) is 6. The quantitative estimate of drug-likeness (QED) is 0.528. The highest BCUT2D eigenvalue weighted by atomic mass is 35.5. The Labute approximate surface area is 146 Å². The molecule has 1 aromatic heterocycles. The normalized spacial score (nSPS) is 10.1. The molecule has 23 heavy (non-hydrogen) atoms. The third kappa shape index (κ3) is 5.42. The van der Waals surface area contributed by atoms with Crippen LogP contribution in [-0.4, -0.2) is 36.0 Å². The van der Waals surface area contributed by atoms with Crippen molar-refractivity contribution in [3.05, 3.63) is 20.9 Å². The molecule has 1 aromatic rings. The summed E-state index contributed by atoms with van der Waals surface area (Å²) in [6, 6.07) is -0.692. The van der Waals surface area contributed by atoms with Crippen molar-refractivity contribution in [2.75, 3.05) is 18.9 Å². The third-order valence-electron chi connectivity index (χ3n) is 2.39. The van der Waals surface area contributed by atoms with Crippen LogP contribution in [0.15, 0.2) is 0 Å². The summed E-state index contributed by atoms with van der Waals surface area (Å²) in [5.74, 6) is -1.86. The van der Waals surface area contributed by atoms with Crippen molar-refractivity contribution in [2.24, 2.45) is 0 Å². The Balaban J connectivity index is 2.64. The van der Waals surface area contributed by atoms with Crippen LogP contribution in [0.1, 0.15) is 23.8 Å². The lowest BCUT2D eigenvalue weighted by atomic mass is 10.3. The number of nitrogen functional groups attached to an aromatic ring is 1. The van der Waals surface area contributed by atoms with Gasteiger partial charge in [-0.05, 0) is 6.42 Å². The van der Waals surface area contributed by atoms with Crippen LogP contribution >= 0.6 is 34.8 Å². The van der Waals surface area contributed by atoms with E-state index in [1.54, 1.807) is 0 Å². The van der Waals surface area contributed by atoms with Crippen LogP contribution in [0.4, 0.5) is 10.5 Å². The second-order valence-electron chi connectivity index (χ2n) is 4.17. The molecule has 0 aromatic carbocycles. The Morgan fingerprint density at radius 3 is 2.48 bits per heavy atom. The van der Waals surface area contributed by atoms with Gasteiger partial charge in [0.05, 0.1) is 10.7 Å². The third-order valence-corrected chi connectivity index (χ3v) is 3.52. The first-order chi connectivity index (χ1) is 10.8. The van der Waals surface area contributed by atoms with Gasteiger partial charge in [-0.15, -0.1) is 0 Å². The van der Waals surface area contributed by atoms with Crippen molar-refractivity contribution in [2.45, 2.75) is 13.3 Å². The van der Waals surface area contributed by atoms with Crippen LogP contribution in [0.25, 0.3) is 0 Å². The van der Waals surface area contributed by atoms with Gasteiger partial charge in [0, 0.05) is 6.54 Å². The number of aromatic nitrogens is 1. The highest BCUT2D eigenvalue weighted by molar-refractivity contribution is 6.46. The van der Waals surface area contributed by atoms with Crippen LogP contribution in [0.5, 0.6) is 0 Å². The number of carbonyl (C=O) groups is 3. The van der Waals surface area contributed by atoms with Gasteiger partial charge in [0.15, 0.2) is 17.5 Å². The maximum Gasteiger partial charge on any atom is 0.359 e. The zero-order valence-corrected chi connectivity index (χ0v) is 14.2. The number of imide groups is 1. The Kier molecular flexibility index (Phi) is 7.34. The minimum atomic E-state index is -1.04. The molecule has 11 heteroatoms. The summed E-state index contributed by atoms with van der Waals surface area (Å²) in [6.07, 6.45) is 0.708. The van der Waals surface area contributed by atoms with E-state index in [9.17, 15) is 14.4 Å². The summed E-state index contributed by atoms with van der Waals surface area (Å²) >= 11 is 17.2. The number of esters is 1. The number of nitrogens with zero attached hydrogens (tertiary/aromatic N) is 1. The van der Waals surface area contributed by atoms with Gasteiger partial charge in [0.25, 0.3) is 5.91 Å². The van der Waals surface area contributed by atoms with E-state index in [-0.39, 0.29) is 26.6 Å². The minimum absolute atomic E-state index is 0.0986. The van der Waals surface area contributed by atoms with Gasteiger partial charge in [-0.1, -0.05) is 41.7 Å². The van der Waals surface area contributed by atoms with Crippen molar-refractivity contribution in [1.82, 2.24) is 15.6 Å². The monoisotopic (exact) mass is 382 g/mol. The number of nitrogens with one attached hydrogen (secondary N) is 2. The lowest BCUT2D eigenvalue weighted by Gasteiger charge is -2.09. The molecule has 0 spiro atoms. The maximum atomic E-state index is 11.8. The summed E-state index contributed by atoms with van der Waals surface area (Å²) < 4.78 is 4.69. The van der Waals surface area contributed by atoms with Crippen molar-refractivity contribution >= 4 is 58.4 Å². The summed E-state index contributed by atoms with van der Waals surface area (Å²) in [5.41, 5.74) is 5.04. The molecule has 0 aliphatic carbocycles. The van der Waals surface area contributed by atoms with Crippen LogP contribution in [0.2, 0.25) is 15.2 Å². The number of anilines is 1. The number of rotatable bonds is 5. The molecule has 0 aliphatic heterocycles. The fourth-order valence-electron chi connectivity index (χ4n) is 1.31. The van der Waals surface area contributed by atoms with E-state index in [1.807, 2.05) is 12.2 Å². The second kappa shape index (κ2) is 8.76. The molecular formula is C12H13Cl3N4O4. The van der Waals surface area contributed by atoms with Crippen LogP contribution in [0.3, 0.4) is 0 Å². The van der Waals surface area contributed by atoms with E-state index in [2.05, 4.69) is 10.3 Å². The van der Waals surface area contributed by atoms with E-state index in [4.69, 9.17) is 45.3 Å². The van der Waals surface area contributed by atoms with Gasteiger partial charge < -0.3 is 15.8 Å². The number of ether oxygens (including phenoxy) is 1. The van der Waals surface area contributed by atoms with E-state index >= 15 is 0 Å². The molecule has 1 heterocycles. The van der Waals surface area contributed by atoms with E-state index in [1.165, 1.54) is 0 Å². The fraction of sp³-hybridized carbons (Fsp3) is 0.333. The van der Waals surface area contributed by atoms with E-state index in [0.717, 1.165) is 0 Å². The highest BCUT2D eigenvalue weighted by Crippen LogP contribution is 2.34. The number of pyridine rings is 1. The van der Waals surface area contributed by atoms with Gasteiger partial charge in [-0.25, -0.2) is 14.6 Å². The molecule has 0 aliphatic rings. The van der Waals surface area contributed by atoms with Crippen molar-refractivity contribution in [3.63, 3.8) is 0 Å². The largest absolute Gasteiger partial charge is 0.451 e. The molecule has 0 fully saturated rings. The lowest BCUT2D eigenvalue weighted by Crippen LogP contribution is -2.41. The average Bonchev–Trinajstić information content (AvgIpc) is 2.52. The zero-order valence-electron chi connectivity index (χ0n) is 11.9. The van der Waals surface area contributed by atoms with Crippen LogP contribution in [0, 0.1) is 0 Å². The molecule has 0 bridgehead atoms. The van der Waals surface area contributed by atoms with Gasteiger partial charge in [0.1, 0.15) is 5.02 Å². The van der Waals surface area contributed by atoms with Crippen LogP contribution < -0.4 is 16.4 Å². The molecule has 0 saturated carbocycles. The molecule has 0 atom stereocenters. The van der Waals surface area contributed by atoms with E-state index in [0.29, 0.717) is 13.0 Å². The maximum absolute atomic E-state index is 11.8. The number of nitrogens with two attached hydrogens (primary N) is 1. The minimum Gasteiger partial charge on any atom is -0.451 e. The lowest BCUT2D eigenvalue weighted by molar-refractivity contribution is -0.123. The number of carbonyl (C=O) groups excluding carboxylic acids is 3. The Morgan fingerprint density at radius 2 is 1.87 bits per heavy atom. The zero-order chi connectivity index (χ0) is 17.6. The fourth-order valence-corrected chi connectivity index (χ4v) is 1.90. The highest BCUT2D eigenvalue weighted by Gasteiger charge is 2.21. The first kappa shape index (κ1) is 19.3. The molecule has 0 saturated heterocycles. The predicted octanol–water partition coefficient (Wildman–Crippen LogP) is 2.02. The number of halogens is 3. The Bertz CT molecular complexity index is 639. The molecule has 1 rings (SSSR count). The molecule has 126 valence electrons. The Hall–Kier alpha value is -1.77. The number of hydrogen-bond donors (Lipinski definition) is 3. The standard InChI is InChI=1S/C12H13Cl3N4O4/c1-2-3-17-12(22)18-5(20)4-23-11(21)9-6(13)8(16)7(14)10(15)19-9/h2-4H2,1H3,(H2,16,19)(H2,17,18,20,22). The summed E-state index contributed by atoms with van der Waals surface area (Å²) in [4.78, 5) is 38.2. The predicted molar refractivity (Wildman–Crippen MR) is 85.8 cm³/mol. The average molecular weight is 384 g/mol. The van der Waals surface area contributed by atoms with Gasteiger partial charge in [0.2, 0.25) is 0 Å². The van der Waals surface area contributed by atoms with Gasteiger partial charge >= 0.3 is 12.0 Å². The summed E-state index contributed by atoms with van der Waals surface area (Å²) in [5, 5.41) is 3.82. The molecule has 0 unspecified atom stereocenters. The molecule has 4 N–H and O–H groups in total. The second-order valence-corrected chi connectivity index (χ2v) is 5.29. The molecule has 8 nitrogen and oxygen atoms in total. The first-order valence-electron chi connectivity index (χ1n) is 6.32. The summed E-state index contributed by atoms with van der Waals surface area (Å²) in [7, 11) is 0. The topological polar surface area (TPSA) is 123 Å². The van der Waals surface area contributed by atoms with Crippen molar-refractivity contribution in [1.29, 1.82) is 0 Å². The number of urea groups is 1. The summed E-state index contributed by atoms with van der Waals surface area (Å²) in [6.45, 7) is 1.54. The van der Waals surface area contributed by atoms with Crippen molar-refractivity contribution < 1.29 is 19.1 Å². The molecule has 3 amide bonds. The SMILES string of the molecule is CCCNC(=O)NC(=O)COC(=O)c1nc(Cl)c(Cl)c(N)c1Cl. The number of amides is 3. The Morgan fingerprint density at radius 1 is 1.22 bits per heavy atom.